The largest absolute Gasteiger partial charge is 0.465 e. The van der Waals surface area contributed by atoms with Crippen LogP contribution in [-0.4, -0.2) is 19.0 Å². The lowest BCUT2D eigenvalue weighted by Crippen LogP contribution is -2.24. The Morgan fingerprint density at radius 1 is 1.08 bits per heavy atom. The van der Waals surface area contributed by atoms with Crippen LogP contribution in [0.1, 0.15) is 12.5 Å². The second-order valence-electron chi connectivity index (χ2n) is 5.54. The molecule has 0 spiro atoms. The van der Waals surface area contributed by atoms with Gasteiger partial charge in [0.25, 0.3) is 5.91 Å². The molecule has 1 heterocycles. The molecule has 0 fully saturated rings. The number of carbonyl (C=O) groups excluding carboxylic acids is 2. The molecule has 1 aliphatic rings. The molecule has 1 amide bonds. The zero-order valence-electron chi connectivity index (χ0n) is 13.8. The number of amides is 1. The number of anilines is 1. The van der Waals surface area contributed by atoms with Crippen LogP contribution in [0.4, 0.5) is 10.1 Å². The summed E-state index contributed by atoms with van der Waals surface area (Å²) in [7, 11) is 1.27. The second-order valence-corrected chi connectivity index (χ2v) is 5.54. The number of halogens is 1. The molecular formula is C20H16FNO3. The molecule has 2 aromatic carbocycles. The molecule has 25 heavy (non-hydrogen) atoms. The maximum atomic E-state index is 13.1. The summed E-state index contributed by atoms with van der Waals surface area (Å²) in [6.07, 6.45) is 1.57. The molecule has 0 N–H and O–H groups in total. The highest BCUT2D eigenvalue weighted by atomic mass is 19.1. The number of rotatable bonds is 3. The van der Waals surface area contributed by atoms with Gasteiger partial charge in [0.15, 0.2) is 0 Å². The van der Waals surface area contributed by atoms with E-state index >= 15 is 0 Å². The van der Waals surface area contributed by atoms with E-state index in [1.165, 1.54) is 24.1 Å². The third-order valence-corrected chi connectivity index (χ3v) is 3.98. The summed E-state index contributed by atoms with van der Waals surface area (Å²) in [5.41, 5.74) is 2.21. The van der Waals surface area contributed by atoms with E-state index in [1.54, 1.807) is 37.3 Å². The Morgan fingerprint density at radius 2 is 1.72 bits per heavy atom. The van der Waals surface area contributed by atoms with Crippen LogP contribution in [0.2, 0.25) is 0 Å². The number of hydrogen-bond donors (Lipinski definition) is 0. The van der Waals surface area contributed by atoms with Gasteiger partial charge in [-0.25, -0.2) is 9.18 Å². The van der Waals surface area contributed by atoms with E-state index in [0.717, 1.165) is 0 Å². The molecule has 1 aliphatic heterocycles. The molecule has 2 aromatic rings. The summed E-state index contributed by atoms with van der Waals surface area (Å²) < 4.78 is 18.0. The van der Waals surface area contributed by atoms with E-state index in [0.29, 0.717) is 16.9 Å². The molecule has 126 valence electrons. The molecular weight excluding hydrogens is 321 g/mol. The predicted molar refractivity (Wildman–Crippen MR) is 93.0 cm³/mol. The first kappa shape index (κ1) is 16.6. The topological polar surface area (TPSA) is 46.6 Å². The monoisotopic (exact) mass is 337 g/mol. The summed E-state index contributed by atoms with van der Waals surface area (Å²) >= 11 is 0. The number of allylic oxidation sites excluding steroid dienone is 1. The molecule has 3 rings (SSSR count). The lowest BCUT2D eigenvalue weighted by atomic mass is 10.0. The lowest BCUT2D eigenvalue weighted by Gasteiger charge is -2.17. The molecule has 0 aliphatic carbocycles. The first-order chi connectivity index (χ1) is 12.0. The average molecular weight is 337 g/mol. The first-order valence-corrected chi connectivity index (χ1v) is 7.69. The van der Waals surface area contributed by atoms with Crippen molar-refractivity contribution in [3.05, 3.63) is 82.8 Å². The molecule has 4 nitrogen and oxygen atoms in total. The van der Waals surface area contributed by atoms with Crippen LogP contribution in [-0.2, 0) is 14.3 Å². The Morgan fingerprint density at radius 3 is 2.32 bits per heavy atom. The molecule has 0 unspecified atom stereocenters. The number of carbonyl (C=O) groups is 2. The van der Waals surface area contributed by atoms with Crippen molar-refractivity contribution in [1.29, 1.82) is 0 Å². The van der Waals surface area contributed by atoms with Gasteiger partial charge in [0, 0.05) is 11.4 Å². The van der Waals surface area contributed by atoms with Gasteiger partial charge in [-0.3, -0.25) is 9.69 Å². The fourth-order valence-electron chi connectivity index (χ4n) is 2.79. The van der Waals surface area contributed by atoms with Crippen molar-refractivity contribution in [2.75, 3.05) is 12.0 Å². The van der Waals surface area contributed by atoms with Crippen molar-refractivity contribution < 1.29 is 18.7 Å². The summed E-state index contributed by atoms with van der Waals surface area (Å²) in [6, 6.07) is 14.7. The number of ether oxygens (including phenoxy) is 1. The first-order valence-electron chi connectivity index (χ1n) is 7.69. The quantitative estimate of drug-likeness (QED) is 0.634. The Bertz CT molecular complexity index is 883. The third-order valence-electron chi connectivity index (χ3n) is 3.98. The number of nitrogens with zero attached hydrogens (tertiary/aromatic N) is 1. The van der Waals surface area contributed by atoms with Gasteiger partial charge >= 0.3 is 5.97 Å². The van der Waals surface area contributed by atoms with Gasteiger partial charge in [0.2, 0.25) is 0 Å². The van der Waals surface area contributed by atoms with Crippen molar-refractivity contribution in [3.63, 3.8) is 0 Å². The zero-order valence-corrected chi connectivity index (χ0v) is 13.8. The molecule has 5 heteroatoms. The van der Waals surface area contributed by atoms with E-state index in [1.807, 2.05) is 18.2 Å². The van der Waals surface area contributed by atoms with E-state index in [2.05, 4.69) is 0 Å². The van der Waals surface area contributed by atoms with Gasteiger partial charge in [-0.1, -0.05) is 30.3 Å². The van der Waals surface area contributed by atoms with Crippen molar-refractivity contribution >= 4 is 23.6 Å². The lowest BCUT2D eigenvalue weighted by molar-refractivity contribution is -0.136. The van der Waals surface area contributed by atoms with Gasteiger partial charge < -0.3 is 4.74 Å². The van der Waals surface area contributed by atoms with E-state index in [9.17, 15) is 14.0 Å². The highest BCUT2D eigenvalue weighted by Gasteiger charge is 2.37. The average Bonchev–Trinajstić information content (AvgIpc) is 2.87. The van der Waals surface area contributed by atoms with Crippen LogP contribution in [0.15, 0.2) is 71.4 Å². The maximum absolute atomic E-state index is 13.1. The number of benzene rings is 2. The molecule has 0 radical (unpaired) electrons. The van der Waals surface area contributed by atoms with Crippen LogP contribution >= 0.6 is 0 Å². The number of esters is 1. The molecule has 0 saturated carbocycles. The number of hydrogen-bond acceptors (Lipinski definition) is 3. The van der Waals surface area contributed by atoms with Gasteiger partial charge in [0.05, 0.1) is 18.3 Å². The minimum atomic E-state index is -0.586. The number of para-hydroxylation sites is 1. The van der Waals surface area contributed by atoms with Crippen LogP contribution in [0.5, 0.6) is 0 Å². The van der Waals surface area contributed by atoms with E-state index in [-0.39, 0.29) is 22.9 Å². The number of methoxy groups -OCH3 is 1. The summed E-state index contributed by atoms with van der Waals surface area (Å²) in [5, 5.41) is 0. The predicted octanol–water partition coefficient (Wildman–Crippen LogP) is 3.70. The minimum absolute atomic E-state index is 0.209. The SMILES string of the molecule is COC(=O)C1=C(C)N(c2ccccc2)C(=O)C1=Cc1ccc(F)cc1. The molecule has 0 atom stereocenters. The fraction of sp³-hybridized carbons (Fsp3) is 0.100. The molecule has 0 bridgehead atoms. The van der Waals surface area contributed by atoms with Crippen LogP contribution in [0.25, 0.3) is 6.08 Å². The van der Waals surface area contributed by atoms with Gasteiger partial charge in [0.1, 0.15) is 5.82 Å². The van der Waals surface area contributed by atoms with Gasteiger partial charge in [-0.2, -0.15) is 0 Å². The van der Waals surface area contributed by atoms with Crippen LogP contribution in [0.3, 0.4) is 0 Å². The van der Waals surface area contributed by atoms with Crippen molar-refractivity contribution in [2.45, 2.75) is 6.92 Å². The molecule has 0 aromatic heterocycles. The van der Waals surface area contributed by atoms with Gasteiger partial charge in [-0.15, -0.1) is 0 Å². The third kappa shape index (κ3) is 3.08. The van der Waals surface area contributed by atoms with E-state index in [4.69, 9.17) is 4.74 Å². The normalized spacial score (nSPS) is 15.9. The van der Waals surface area contributed by atoms with Gasteiger partial charge in [-0.05, 0) is 42.8 Å². The fourth-order valence-corrected chi connectivity index (χ4v) is 2.79. The Balaban J connectivity index is 2.12. The second kappa shape index (κ2) is 6.73. The van der Waals surface area contributed by atoms with Crippen LogP contribution in [0, 0.1) is 5.82 Å². The van der Waals surface area contributed by atoms with Crippen LogP contribution < -0.4 is 4.90 Å². The summed E-state index contributed by atoms with van der Waals surface area (Å²) in [4.78, 5) is 26.7. The maximum Gasteiger partial charge on any atom is 0.340 e. The Hall–Kier alpha value is -3.21. The Kier molecular flexibility index (Phi) is 4.48. The standard InChI is InChI=1S/C20H16FNO3/c1-13-18(20(24)25-2)17(12-14-8-10-15(21)11-9-14)19(23)22(13)16-6-4-3-5-7-16/h3-12H,1-2H3. The smallest absolute Gasteiger partial charge is 0.340 e. The van der Waals surface area contributed by atoms with E-state index < -0.39 is 5.97 Å². The summed E-state index contributed by atoms with van der Waals surface area (Å²) in [5.74, 6) is -1.28. The Labute approximate surface area is 144 Å². The van der Waals surface area contributed by atoms with Crippen molar-refractivity contribution in [1.82, 2.24) is 0 Å². The minimum Gasteiger partial charge on any atom is -0.465 e. The van der Waals surface area contributed by atoms with Crippen molar-refractivity contribution in [2.24, 2.45) is 0 Å². The highest BCUT2D eigenvalue weighted by Crippen LogP contribution is 2.35. The van der Waals surface area contributed by atoms with Crippen molar-refractivity contribution in [3.8, 4) is 0 Å². The highest BCUT2D eigenvalue weighted by molar-refractivity contribution is 6.23. The summed E-state index contributed by atoms with van der Waals surface area (Å²) in [6.45, 7) is 1.70. The zero-order chi connectivity index (χ0) is 18.0. The molecule has 0 saturated heterocycles.